The lowest BCUT2D eigenvalue weighted by atomic mass is 10.0. The van der Waals surface area contributed by atoms with E-state index in [0.717, 1.165) is 39.0 Å². The number of ether oxygens (including phenoxy) is 3. The molecule has 0 aliphatic heterocycles. The number of benzene rings is 2. The van der Waals surface area contributed by atoms with Crippen LogP contribution in [-0.2, 0) is 6.61 Å². The third kappa shape index (κ3) is 3.25. The predicted molar refractivity (Wildman–Crippen MR) is 110 cm³/mol. The van der Waals surface area contributed by atoms with Crippen molar-refractivity contribution in [1.29, 1.82) is 0 Å². The summed E-state index contributed by atoms with van der Waals surface area (Å²) in [6, 6.07) is 13.3. The molecule has 0 spiro atoms. The van der Waals surface area contributed by atoms with Gasteiger partial charge < -0.3 is 19.3 Å². The molecule has 2 heterocycles. The van der Waals surface area contributed by atoms with Gasteiger partial charge in [-0.1, -0.05) is 24.3 Å². The molecule has 0 bridgehead atoms. The molecule has 0 unspecified atom stereocenters. The van der Waals surface area contributed by atoms with Crippen LogP contribution in [0.3, 0.4) is 0 Å². The maximum atomic E-state index is 9.31. The normalized spacial score (nSPS) is 10.9. The van der Waals surface area contributed by atoms with Gasteiger partial charge in [0.15, 0.2) is 11.5 Å². The van der Waals surface area contributed by atoms with E-state index in [0.29, 0.717) is 17.2 Å². The maximum absolute atomic E-state index is 9.31. The number of fused-ring (bicyclic) bond motifs is 1. The number of H-pyrrole nitrogens is 1. The quantitative estimate of drug-likeness (QED) is 0.520. The standard InChI is InChI=1S/C22H21N3O4/c1-27-17-10-15(11-18(28-2)22(17)29-3)21-19-16(24-25-21)8-9-23-20(19)14-6-4-13(12-26)5-7-14/h4-11,26H,12H2,1-3H3,(H,24,25). The van der Waals surface area contributed by atoms with E-state index in [4.69, 9.17) is 14.2 Å². The lowest BCUT2D eigenvalue weighted by Crippen LogP contribution is -1.96. The second kappa shape index (κ2) is 7.81. The number of hydrogen-bond donors (Lipinski definition) is 2. The number of aliphatic hydroxyl groups excluding tert-OH is 1. The van der Waals surface area contributed by atoms with Gasteiger partial charge in [-0.2, -0.15) is 5.10 Å². The minimum Gasteiger partial charge on any atom is -0.493 e. The van der Waals surface area contributed by atoms with Crippen LogP contribution >= 0.6 is 0 Å². The summed E-state index contributed by atoms with van der Waals surface area (Å²) in [6.07, 6.45) is 1.74. The van der Waals surface area contributed by atoms with Gasteiger partial charge in [0.2, 0.25) is 5.75 Å². The number of methoxy groups -OCH3 is 3. The summed E-state index contributed by atoms with van der Waals surface area (Å²) in [5.74, 6) is 1.63. The van der Waals surface area contributed by atoms with Crippen LogP contribution in [0.2, 0.25) is 0 Å². The Balaban J connectivity index is 1.94. The van der Waals surface area contributed by atoms with E-state index in [-0.39, 0.29) is 6.61 Å². The highest BCUT2D eigenvalue weighted by Gasteiger charge is 2.19. The van der Waals surface area contributed by atoms with Crippen LogP contribution in [0.5, 0.6) is 17.2 Å². The van der Waals surface area contributed by atoms with Crippen LogP contribution in [0.15, 0.2) is 48.7 Å². The third-order valence-corrected chi connectivity index (χ3v) is 4.82. The van der Waals surface area contributed by atoms with Crippen LogP contribution < -0.4 is 14.2 Å². The Hall–Kier alpha value is -3.58. The van der Waals surface area contributed by atoms with Gasteiger partial charge in [-0.25, -0.2) is 0 Å². The molecule has 148 valence electrons. The first-order valence-electron chi connectivity index (χ1n) is 9.03. The highest BCUT2D eigenvalue weighted by molar-refractivity contribution is 6.02. The highest BCUT2D eigenvalue weighted by atomic mass is 16.5. The van der Waals surface area contributed by atoms with Crippen molar-refractivity contribution in [3.8, 4) is 39.8 Å². The van der Waals surface area contributed by atoms with Crippen molar-refractivity contribution in [2.75, 3.05) is 21.3 Å². The summed E-state index contributed by atoms with van der Waals surface area (Å²) in [4.78, 5) is 4.60. The van der Waals surface area contributed by atoms with Crippen LogP contribution in [0.4, 0.5) is 0 Å². The number of nitrogens with one attached hydrogen (secondary N) is 1. The van der Waals surface area contributed by atoms with Gasteiger partial charge in [-0.3, -0.25) is 10.1 Å². The summed E-state index contributed by atoms with van der Waals surface area (Å²) in [7, 11) is 4.74. The molecular formula is C22H21N3O4. The monoisotopic (exact) mass is 391 g/mol. The predicted octanol–water partition coefficient (Wildman–Crippen LogP) is 3.81. The van der Waals surface area contributed by atoms with Crippen molar-refractivity contribution in [1.82, 2.24) is 15.2 Å². The zero-order valence-corrected chi connectivity index (χ0v) is 16.4. The molecule has 4 aromatic rings. The van der Waals surface area contributed by atoms with E-state index in [1.807, 2.05) is 42.5 Å². The third-order valence-electron chi connectivity index (χ3n) is 4.82. The van der Waals surface area contributed by atoms with Crippen molar-refractivity contribution in [2.45, 2.75) is 6.61 Å². The summed E-state index contributed by atoms with van der Waals surface area (Å²) >= 11 is 0. The fourth-order valence-electron chi connectivity index (χ4n) is 3.38. The van der Waals surface area contributed by atoms with E-state index < -0.39 is 0 Å². The van der Waals surface area contributed by atoms with Crippen molar-refractivity contribution in [3.05, 3.63) is 54.2 Å². The number of rotatable bonds is 6. The van der Waals surface area contributed by atoms with Crippen molar-refractivity contribution in [3.63, 3.8) is 0 Å². The fraction of sp³-hybridized carbons (Fsp3) is 0.182. The molecule has 2 aromatic carbocycles. The number of aliphatic hydroxyl groups is 1. The van der Waals surface area contributed by atoms with Crippen molar-refractivity contribution < 1.29 is 19.3 Å². The Morgan fingerprint density at radius 2 is 1.55 bits per heavy atom. The minimum atomic E-state index is 0.000304. The molecule has 29 heavy (non-hydrogen) atoms. The Morgan fingerprint density at radius 3 is 2.14 bits per heavy atom. The summed E-state index contributed by atoms with van der Waals surface area (Å²) in [5.41, 5.74) is 4.98. The lowest BCUT2D eigenvalue weighted by Gasteiger charge is -2.14. The van der Waals surface area contributed by atoms with Gasteiger partial charge in [-0.15, -0.1) is 0 Å². The van der Waals surface area contributed by atoms with Gasteiger partial charge in [-0.05, 0) is 23.8 Å². The fourth-order valence-corrected chi connectivity index (χ4v) is 3.38. The van der Waals surface area contributed by atoms with Gasteiger partial charge in [0, 0.05) is 17.3 Å². The van der Waals surface area contributed by atoms with Crippen molar-refractivity contribution >= 4 is 10.9 Å². The smallest absolute Gasteiger partial charge is 0.203 e. The molecule has 0 aliphatic carbocycles. The van der Waals surface area contributed by atoms with E-state index in [1.54, 1.807) is 27.5 Å². The first-order chi connectivity index (χ1) is 14.2. The van der Waals surface area contributed by atoms with Gasteiger partial charge in [0.05, 0.1) is 44.5 Å². The molecule has 2 N–H and O–H groups in total. The topological polar surface area (TPSA) is 89.5 Å². The van der Waals surface area contributed by atoms with Gasteiger partial charge in [0.25, 0.3) is 0 Å². The van der Waals surface area contributed by atoms with Crippen LogP contribution in [0.1, 0.15) is 5.56 Å². The zero-order valence-electron chi connectivity index (χ0n) is 16.4. The Bertz CT molecular complexity index is 1130. The summed E-state index contributed by atoms with van der Waals surface area (Å²) in [5, 5.41) is 17.8. The second-order valence-corrected chi connectivity index (χ2v) is 6.42. The molecule has 0 amide bonds. The Labute approximate surface area is 167 Å². The molecule has 0 atom stereocenters. The van der Waals surface area contributed by atoms with Gasteiger partial charge in [0.1, 0.15) is 5.69 Å². The Kier molecular flexibility index (Phi) is 5.05. The largest absolute Gasteiger partial charge is 0.493 e. The number of nitrogens with zero attached hydrogens (tertiary/aromatic N) is 2. The second-order valence-electron chi connectivity index (χ2n) is 6.42. The van der Waals surface area contributed by atoms with Crippen molar-refractivity contribution in [2.24, 2.45) is 0 Å². The van der Waals surface area contributed by atoms with Crippen LogP contribution in [0, 0.1) is 0 Å². The minimum absolute atomic E-state index is 0.000304. The SMILES string of the molecule is COc1cc(-c2n[nH]c3ccnc(-c4ccc(CO)cc4)c23)cc(OC)c1OC. The molecular weight excluding hydrogens is 370 g/mol. The van der Waals surface area contributed by atoms with E-state index in [9.17, 15) is 5.11 Å². The first-order valence-corrected chi connectivity index (χ1v) is 9.03. The van der Waals surface area contributed by atoms with E-state index >= 15 is 0 Å². The zero-order chi connectivity index (χ0) is 20.4. The molecule has 4 rings (SSSR count). The average molecular weight is 391 g/mol. The number of pyridine rings is 1. The lowest BCUT2D eigenvalue weighted by molar-refractivity contribution is 0.282. The van der Waals surface area contributed by atoms with Gasteiger partial charge >= 0.3 is 0 Å². The maximum Gasteiger partial charge on any atom is 0.203 e. The number of aromatic amines is 1. The summed E-state index contributed by atoms with van der Waals surface area (Å²) < 4.78 is 16.4. The molecule has 7 heteroatoms. The molecule has 0 radical (unpaired) electrons. The molecule has 0 saturated heterocycles. The molecule has 0 aliphatic rings. The number of aromatic nitrogens is 3. The number of hydrogen-bond acceptors (Lipinski definition) is 6. The first kappa shape index (κ1) is 18.8. The van der Waals surface area contributed by atoms with E-state index in [1.165, 1.54) is 0 Å². The molecule has 0 saturated carbocycles. The Morgan fingerprint density at radius 1 is 0.862 bits per heavy atom. The molecule has 0 fully saturated rings. The average Bonchev–Trinajstić information content (AvgIpc) is 3.22. The summed E-state index contributed by atoms with van der Waals surface area (Å²) in [6.45, 7) is 0.000304. The molecule has 2 aromatic heterocycles. The van der Waals surface area contributed by atoms with Crippen LogP contribution in [-0.4, -0.2) is 41.6 Å². The van der Waals surface area contributed by atoms with E-state index in [2.05, 4.69) is 15.2 Å². The highest BCUT2D eigenvalue weighted by Crippen LogP contribution is 2.43. The van der Waals surface area contributed by atoms with Crippen LogP contribution in [0.25, 0.3) is 33.4 Å². The molecule has 7 nitrogen and oxygen atoms in total.